The summed E-state index contributed by atoms with van der Waals surface area (Å²) in [7, 11) is 0. The van der Waals surface area contributed by atoms with E-state index in [1.54, 1.807) is 12.5 Å². The van der Waals surface area contributed by atoms with Crippen molar-refractivity contribution in [3.05, 3.63) is 48.5 Å². The molecule has 20 heavy (non-hydrogen) atoms. The molecule has 0 aliphatic carbocycles. The summed E-state index contributed by atoms with van der Waals surface area (Å²) < 4.78 is 1.86. The highest BCUT2D eigenvalue weighted by Gasteiger charge is 2.26. The summed E-state index contributed by atoms with van der Waals surface area (Å²) in [4.78, 5) is 18.9. The number of imidazole rings is 1. The van der Waals surface area contributed by atoms with E-state index in [1.165, 1.54) is 6.42 Å². The second-order valence-electron chi connectivity index (χ2n) is 5.33. The highest BCUT2D eigenvalue weighted by molar-refractivity contribution is 5.93. The SMILES string of the molecule is CC1CCCCN1C(=O)c1cncn1-c1ccccc1. The van der Waals surface area contributed by atoms with Crippen LogP contribution in [0.4, 0.5) is 0 Å². The molecule has 1 aliphatic heterocycles. The number of piperidine rings is 1. The average molecular weight is 269 g/mol. The average Bonchev–Trinajstić information content (AvgIpc) is 2.97. The molecule has 2 heterocycles. The van der Waals surface area contributed by atoms with E-state index in [4.69, 9.17) is 0 Å². The lowest BCUT2D eigenvalue weighted by Gasteiger charge is -2.33. The van der Waals surface area contributed by atoms with Crippen LogP contribution in [0.3, 0.4) is 0 Å². The van der Waals surface area contributed by atoms with E-state index >= 15 is 0 Å². The van der Waals surface area contributed by atoms with Gasteiger partial charge >= 0.3 is 0 Å². The number of carbonyl (C=O) groups excluding carboxylic acids is 1. The third-order valence-electron chi connectivity index (χ3n) is 3.96. The number of benzene rings is 1. The Morgan fingerprint density at radius 3 is 2.80 bits per heavy atom. The molecule has 1 saturated heterocycles. The second kappa shape index (κ2) is 5.49. The number of amides is 1. The van der Waals surface area contributed by atoms with E-state index < -0.39 is 0 Å². The van der Waals surface area contributed by atoms with E-state index in [2.05, 4.69) is 11.9 Å². The molecule has 1 aromatic heterocycles. The Morgan fingerprint density at radius 2 is 2.05 bits per heavy atom. The van der Waals surface area contributed by atoms with Crippen LogP contribution in [0.25, 0.3) is 5.69 Å². The summed E-state index contributed by atoms with van der Waals surface area (Å²) in [6.07, 6.45) is 6.76. The van der Waals surface area contributed by atoms with Crippen LogP contribution in [0, 0.1) is 0 Å². The molecule has 1 unspecified atom stereocenters. The third-order valence-corrected chi connectivity index (χ3v) is 3.96. The molecular formula is C16H19N3O. The fourth-order valence-corrected chi connectivity index (χ4v) is 2.79. The van der Waals surface area contributed by atoms with Crippen molar-refractivity contribution in [1.29, 1.82) is 0 Å². The topological polar surface area (TPSA) is 38.1 Å². The summed E-state index contributed by atoms with van der Waals surface area (Å²) in [5.74, 6) is 0.0820. The van der Waals surface area contributed by atoms with Gasteiger partial charge in [-0.2, -0.15) is 0 Å². The van der Waals surface area contributed by atoms with Gasteiger partial charge in [0, 0.05) is 18.3 Å². The van der Waals surface area contributed by atoms with Crippen molar-refractivity contribution in [2.45, 2.75) is 32.2 Å². The van der Waals surface area contributed by atoms with E-state index in [-0.39, 0.29) is 5.91 Å². The summed E-state index contributed by atoms with van der Waals surface area (Å²) >= 11 is 0. The Labute approximate surface area is 119 Å². The first-order valence-corrected chi connectivity index (χ1v) is 7.16. The Kier molecular flexibility index (Phi) is 3.54. The second-order valence-corrected chi connectivity index (χ2v) is 5.33. The van der Waals surface area contributed by atoms with Crippen molar-refractivity contribution in [3.63, 3.8) is 0 Å². The van der Waals surface area contributed by atoms with Crippen LogP contribution in [0.5, 0.6) is 0 Å². The molecule has 4 nitrogen and oxygen atoms in total. The summed E-state index contributed by atoms with van der Waals surface area (Å²) in [6.45, 7) is 2.97. The first kappa shape index (κ1) is 12.9. The standard InChI is InChI=1S/C16H19N3O/c1-13-7-5-6-10-18(13)16(20)15-11-17-12-19(15)14-8-3-2-4-9-14/h2-4,8-9,11-13H,5-7,10H2,1H3. The molecule has 0 bridgehead atoms. The van der Waals surface area contributed by atoms with Crippen LogP contribution in [0.2, 0.25) is 0 Å². The zero-order valence-corrected chi connectivity index (χ0v) is 11.7. The van der Waals surface area contributed by atoms with Crippen LogP contribution in [0.15, 0.2) is 42.9 Å². The van der Waals surface area contributed by atoms with Crippen molar-refractivity contribution in [3.8, 4) is 5.69 Å². The number of carbonyl (C=O) groups is 1. The Morgan fingerprint density at radius 1 is 1.25 bits per heavy atom. The van der Waals surface area contributed by atoms with E-state index in [0.29, 0.717) is 11.7 Å². The van der Waals surface area contributed by atoms with Crippen LogP contribution in [-0.2, 0) is 0 Å². The molecule has 2 aromatic rings. The van der Waals surface area contributed by atoms with Gasteiger partial charge in [0.05, 0.1) is 12.5 Å². The number of likely N-dealkylation sites (tertiary alicyclic amines) is 1. The summed E-state index contributed by atoms with van der Waals surface area (Å²) in [5.41, 5.74) is 1.61. The fraction of sp³-hybridized carbons (Fsp3) is 0.375. The van der Waals surface area contributed by atoms with Crippen molar-refractivity contribution in [2.24, 2.45) is 0 Å². The Bertz CT molecular complexity index is 591. The number of hydrogen-bond acceptors (Lipinski definition) is 2. The minimum Gasteiger partial charge on any atom is -0.335 e. The number of hydrogen-bond donors (Lipinski definition) is 0. The highest BCUT2D eigenvalue weighted by atomic mass is 16.2. The van der Waals surface area contributed by atoms with Gasteiger partial charge in [0.2, 0.25) is 0 Å². The van der Waals surface area contributed by atoms with Crippen LogP contribution >= 0.6 is 0 Å². The highest BCUT2D eigenvalue weighted by Crippen LogP contribution is 2.20. The van der Waals surface area contributed by atoms with Crippen molar-refractivity contribution in [1.82, 2.24) is 14.5 Å². The van der Waals surface area contributed by atoms with Crippen molar-refractivity contribution in [2.75, 3.05) is 6.54 Å². The predicted octanol–water partition coefficient (Wildman–Crippen LogP) is 2.89. The molecule has 0 N–H and O–H groups in total. The van der Waals surface area contributed by atoms with Crippen LogP contribution < -0.4 is 0 Å². The first-order chi connectivity index (χ1) is 9.77. The Hall–Kier alpha value is -2.10. The van der Waals surface area contributed by atoms with E-state index in [9.17, 15) is 4.79 Å². The maximum atomic E-state index is 12.7. The molecule has 1 aliphatic rings. The molecule has 3 rings (SSSR count). The predicted molar refractivity (Wildman–Crippen MR) is 77.9 cm³/mol. The van der Waals surface area contributed by atoms with Crippen LogP contribution in [0.1, 0.15) is 36.7 Å². The number of para-hydroxylation sites is 1. The van der Waals surface area contributed by atoms with Gasteiger partial charge in [-0.05, 0) is 38.3 Å². The summed E-state index contributed by atoms with van der Waals surface area (Å²) in [5, 5.41) is 0. The molecular weight excluding hydrogens is 250 g/mol. The van der Waals surface area contributed by atoms with Gasteiger partial charge in [-0.15, -0.1) is 0 Å². The maximum absolute atomic E-state index is 12.7. The van der Waals surface area contributed by atoms with Crippen molar-refractivity contribution < 1.29 is 4.79 Å². The zero-order valence-electron chi connectivity index (χ0n) is 11.7. The quantitative estimate of drug-likeness (QED) is 0.840. The fourth-order valence-electron chi connectivity index (χ4n) is 2.79. The Balaban J connectivity index is 1.91. The molecule has 0 saturated carbocycles. The maximum Gasteiger partial charge on any atom is 0.272 e. The molecule has 1 fully saturated rings. The first-order valence-electron chi connectivity index (χ1n) is 7.16. The van der Waals surface area contributed by atoms with Gasteiger partial charge in [-0.3, -0.25) is 9.36 Å². The third kappa shape index (κ3) is 2.33. The van der Waals surface area contributed by atoms with E-state index in [0.717, 1.165) is 25.1 Å². The smallest absolute Gasteiger partial charge is 0.272 e. The number of aromatic nitrogens is 2. The van der Waals surface area contributed by atoms with E-state index in [1.807, 2.05) is 39.8 Å². The minimum atomic E-state index is 0.0820. The molecule has 4 heteroatoms. The summed E-state index contributed by atoms with van der Waals surface area (Å²) in [6, 6.07) is 10.2. The molecule has 1 amide bonds. The lowest BCUT2D eigenvalue weighted by Crippen LogP contribution is -2.42. The number of rotatable bonds is 2. The monoisotopic (exact) mass is 269 g/mol. The van der Waals surface area contributed by atoms with Gasteiger partial charge in [-0.1, -0.05) is 18.2 Å². The minimum absolute atomic E-state index is 0.0820. The number of nitrogens with zero attached hydrogens (tertiary/aromatic N) is 3. The normalized spacial score (nSPS) is 19.1. The molecule has 0 radical (unpaired) electrons. The zero-order chi connectivity index (χ0) is 13.9. The van der Waals surface area contributed by atoms with Crippen LogP contribution in [-0.4, -0.2) is 32.9 Å². The van der Waals surface area contributed by atoms with Gasteiger partial charge in [0.15, 0.2) is 0 Å². The molecule has 1 aromatic carbocycles. The molecule has 1 atom stereocenters. The van der Waals surface area contributed by atoms with Gasteiger partial charge in [0.25, 0.3) is 5.91 Å². The van der Waals surface area contributed by atoms with Gasteiger partial charge in [-0.25, -0.2) is 4.98 Å². The molecule has 0 spiro atoms. The lowest BCUT2D eigenvalue weighted by molar-refractivity contribution is 0.0627. The van der Waals surface area contributed by atoms with Gasteiger partial charge < -0.3 is 4.90 Å². The molecule has 104 valence electrons. The van der Waals surface area contributed by atoms with Crippen molar-refractivity contribution >= 4 is 5.91 Å². The largest absolute Gasteiger partial charge is 0.335 e. The van der Waals surface area contributed by atoms with Gasteiger partial charge in [0.1, 0.15) is 5.69 Å². The lowest BCUT2D eigenvalue weighted by atomic mass is 10.0.